The minimum absolute atomic E-state index is 0.107. The van der Waals surface area contributed by atoms with Gasteiger partial charge < -0.3 is 20.1 Å². The van der Waals surface area contributed by atoms with Crippen LogP contribution in [-0.2, 0) is 19.1 Å². The number of nitriles is 1. The first-order valence-electron chi connectivity index (χ1n) is 10.4. The molecule has 2 aromatic rings. The second kappa shape index (κ2) is 12.0. The van der Waals surface area contributed by atoms with E-state index in [0.717, 1.165) is 18.9 Å². The Kier molecular flexibility index (Phi) is 9.04. The van der Waals surface area contributed by atoms with E-state index in [0.29, 0.717) is 28.6 Å². The van der Waals surface area contributed by atoms with E-state index < -0.39 is 29.6 Å². The lowest BCUT2D eigenvalue weighted by Gasteiger charge is -2.31. The van der Waals surface area contributed by atoms with Crippen molar-refractivity contribution in [3.05, 3.63) is 68.7 Å². The van der Waals surface area contributed by atoms with Gasteiger partial charge in [0.15, 0.2) is 0 Å². The Labute approximate surface area is 216 Å². The number of thioether (sulfide) groups is 1. The molecule has 35 heavy (non-hydrogen) atoms. The quantitative estimate of drug-likeness (QED) is 0.378. The molecule has 0 aliphatic carbocycles. The summed E-state index contributed by atoms with van der Waals surface area (Å²) >= 11 is 13.4. The number of esters is 1. The molecule has 182 valence electrons. The van der Waals surface area contributed by atoms with E-state index in [1.54, 1.807) is 42.5 Å². The molecule has 0 spiro atoms. The molecule has 0 saturated carbocycles. The van der Waals surface area contributed by atoms with Crippen LogP contribution in [0.4, 0.5) is 5.69 Å². The van der Waals surface area contributed by atoms with Crippen LogP contribution >= 0.6 is 35.0 Å². The molecule has 2 amide bonds. The highest BCUT2D eigenvalue weighted by Crippen LogP contribution is 2.42. The number of rotatable bonds is 8. The van der Waals surface area contributed by atoms with Gasteiger partial charge in [-0.2, -0.15) is 5.26 Å². The summed E-state index contributed by atoms with van der Waals surface area (Å²) in [7, 11) is 1.16. The van der Waals surface area contributed by atoms with Crippen LogP contribution in [0.5, 0.6) is 5.75 Å². The Hall–Kier alpha value is -3.19. The fourth-order valence-electron chi connectivity index (χ4n) is 3.55. The van der Waals surface area contributed by atoms with E-state index in [1.807, 2.05) is 6.92 Å². The number of halogens is 2. The molecule has 0 unspecified atom stereocenters. The van der Waals surface area contributed by atoms with Crippen molar-refractivity contribution in [2.45, 2.75) is 12.8 Å². The van der Waals surface area contributed by atoms with Gasteiger partial charge in [-0.3, -0.25) is 14.4 Å². The molecule has 0 fully saturated rings. The number of allylic oxidation sites excluding steroid dienone is 1. The largest absolute Gasteiger partial charge is 0.492 e. The Morgan fingerprint density at radius 1 is 1.20 bits per heavy atom. The first-order valence-corrected chi connectivity index (χ1v) is 12.2. The van der Waals surface area contributed by atoms with Crippen molar-refractivity contribution in [3.8, 4) is 11.8 Å². The summed E-state index contributed by atoms with van der Waals surface area (Å²) in [4.78, 5) is 38.0. The topological polar surface area (TPSA) is 118 Å². The maximum atomic E-state index is 12.9. The van der Waals surface area contributed by atoms with Crippen LogP contribution in [0.3, 0.4) is 0 Å². The van der Waals surface area contributed by atoms with E-state index in [-0.39, 0.29) is 21.4 Å². The first kappa shape index (κ1) is 26.4. The molecule has 8 nitrogen and oxygen atoms in total. The molecule has 1 aliphatic rings. The predicted octanol–water partition coefficient (Wildman–Crippen LogP) is 4.50. The molecule has 3 rings (SSSR count). The number of hydrogen-bond donors (Lipinski definition) is 2. The highest BCUT2D eigenvalue weighted by Gasteiger charge is 2.44. The zero-order valence-corrected chi connectivity index (χ0v) is 21.1. The van der Waals surface area contributed by atoms with E-state index in [1.165, 1.54) is 0 Å². The average molecular weight is 534 g/mol. The van der Waals surface area contributed by atoms with Crippen LogP contribution in [0.1, 0.15) is 18.4 Å². The number of benzene rings is 2. The predicted molar refractivity (Wildman–Crippen MR) is 134 cm³/mol. The van der Waals surface area contributed by atoms with Crippen molar-refractivity contribution < 1.29 is 23.9 Å². The summed E-state index contributed by atoms with van der Waals surface area (Å²) in [5.74, 6) is -3.82. The number of nitrogens with zero attached hydrogens (tertiary/aromatic N) is 1. The number of ether oxygens (including phenoxy) is 2. The van der Waals surface area contributed by atoms with E-state index in [9.17, 15) is 19.6 Å². The van der Waals surface area contributed by atoms with Crippen molar-refractivity contribution in [2.75, 3.05) is 24.8 Å². The Balaban J connectivity index is 1.94. The monoisotopic (exact) mass is 533 g/mol. The standard InChI is InChI=1S/C24H21Cl2N3O5S/c1-3-34-18-9-8-13(10-16(18)26)20-14(11-27)23(29-22(31)21(20)24(32)33-2)35-12-19(30)28-17-7-5-4-6-15(17)25/h4-10,20-21H,3,12H2,1-2H3,(H,28,30)(H,29,31)/t20-,21+/m0/s1. The molecule has 0 aromatic heterocycles. The van der Waals surface area contributed by atoms with E-state index in [4.69, 9.17) is 32.7 Å². The van der Waals surface area contributed by atoms with Crippen molar-refractivity contribution in [3.63, 3.8) is 0 Å². The van der Waals surface area contributed by atoms with Gasteiger partial charge in [-0.25, -0.2) is 0 Å². The third-order valence-electron chi connectivity index (χ3n) is 5.09. The highest BCUT2D eigenvalue weighted by atomic mass is 35.5. The van der Waals surface area contributed by atoms with Crippen LogP contribution < -0.4 is 15.4 Å². The fourth-order valence-corrected chi connectivity index (χ4v) is 4.82. The van der Waals surface area contributed by atoms with Gasteiger partial charge in [0.05, 0.1) is 51.9 Å². The Morgan fingerprint density at radius 3 is 2.57 bits per heavy atom. The van der Waals surface area contributed by atoms with Gasteiger partial charge in [0.25, 0.3) is 0 Å². The zero-order valence-electron chi connectivity index (χ0n) is 18.8. The molecular formula is C24H21Cl2N3O5S. The smallest absolute Gasteiger partial charge is 0.319 e. The molecule has 11 heteroatoms. The molecule has 0 radical (unpaired) electrons. The van der Waals surface area contributed by atoms with Crippen LogP contribution in [0.15, 0.2) is 53.1 Å². The molecule has 1 aliphatic heterocycles. The average Bonchev–Trinajstić information content (AvgIpc) is 2.84. The second-order valence-electron chi connectivity index (χ2n) is 7.26. The third kappa shape index (κ3) is 6.09. The number of methoxy groups -OCH3 is 1. The summed E-state index contributed by atoms with van der Waals surface area (Å²) in [6.45, 7) is 2.21. The van der Waals surface area contributed by atoms with E-state index >= 15 is 0 Å². The SMILES string of the molecule is CCOc1ccc([C@H]2C(C#N)=C(SCC(=O)Nc3ccccc3Cl)NC(=O)[C@@H]2C(=O)OC)cc1Cl. The normalized spacial score (nSPS) is 17.3. The maximum Gasteiger partial charge on any atom is 0.319 e. The van der Waals surface area contributed by atoms with E-state index in [2.05, 4.69) is 16.7 Å². The Morgan fingerprint density at radius 2 is 1.94 bits per heavy atom. The Bertz CT molecular complexity index is 1230. The van der Waals surface area contributed by atoms with Gasteiger partial charge in [-0.05, 0) is 36.8 Å². The lowest BCUT2D eigenvalue weighted by atomic mass is 9.78. The van der Waals surface area contributed by atoms with Gasteiger partial charge in [0, 0.05) is 5.92 Å². The maximum absolute atomic E-state index is 12.9. The van der Waals surface area contributed by atoms with Crippen LogP contribution in [0.2, 0.25) is 10.0 Å². The summed E-state index contributed by atoms with van der Waals surface area (Å²) in [5.41, 5.74) is 1.00. The van der Waals surface area contributed by atoms with Gasteiger partial charge >= 0.3 is 5.97 Å². The third-order valence-corrected chi connectivity index (χ3v) is 6.74. The molecule has 0 bridgehead atoms. The number of carbonyl (C=O) groups excluding carboxylic acids is 3. The van der Waals surface area contributed by atoms with Crippen molar-refractivity contribution >= 4 is 58.4 Å². The van der Waals surface area contributed by atoms with Gasteiger partial charge in [-0.1, -0.05) is 53.2 Å². The molecule has 2 N–H and O–H groups in total. The number of para-hydroxylation sites is 1. The summed E-state index contributed by atoms with van der Waals surface area (Å²) in [6, 6.07) is 13.6. The summed E-state index contributed by atoms with van der Waals surface area (Å²) in [6.07, 6.45) is 0. The highest BCUT2D eigenvalue weighted by molar-refractivity contribution is 8.03. The van der Waals surface area contributed by atoms with Crippen molar-refractivity contribution in [1.82, 2.24) is 5.32 Å². The lowest BCUT2D eigenvalue weighted by Crippen LogP contribution is -2.44. The summed E-state index contributed by atoms with van der Waals surface area (Å²) in [5, 5.41) is 16.1. The molecule has 2 atom stereocenters. The number of nitrogens with one attached hydrogen (secondary N) is 2. The van der Waals surface area contributed by atoms with Crippen LogP contribution in [0, 0.1) is 17.2 Å². The molecule has 0 saturated heterocycles. The van der Waals surface area contributed by atoms with Crippen molar-refractivity contribution in [1.29, 1.82) is 5.26 Å². The second-order valence-corrected chi connectivity index (χ2v) is 9.06. The van der Waals surface area contributed by atoms with Gasteiger partial charge in [-0.15, -0.1) is 0 Å². The number of anilines is 1. The molecular weight excluding hydrogens is 513 g/mol. The van der Waals surface area contributed by atoms with Gasteiger partial charge in [0.1, 0.15) is 11.7 Å². The minimum Gasteiger partial charge on any atom is -0.492 e. The van der Waals surface area contributed by atoms with Crippen LogP contribution in [-0.4, -0.2) is 37.3 Å². The lowest BCUT2D eigenvalue weighted by molar-refractivity contribution is -0.150. The first-order chi connectivity index (χ1) is 16.8. The molecule has 1 heterocycles. The number of amides is 2. The van der Waals surface area contributed by atoms with Crippen molar-refractivity contribution in [2.24, 2.45) is 5.92 Å². The fraction of sp³-hybridized carbons (Fsp3) is 0.250. The van der Waals surface area contributed by atoms with Crippen LogP contribution in [0.25, 0.3) is 0 Å². The number of hydrogen-bond acceptors (Lipinski definition) is 7. The molecule has 2 aromatic carbocycles. The minimum atomic E-state index is -1.31. The zero-order chi connectivity index (χ0) is 25.5. The summed E-state index contributed by atoms with van der Waals surface area (Å²) < 4.78 is 10.3. The van der Waals surface area contributed by atoms with Gasteiger partial charge in [0.2, 0.25) is 11.8 Å². The number of carbonyl (C=O) groups is 3.